The molecule has 1 aliphatic carbocycles. The van der Waals surface area contributed by atoms with Gasteiger partial charge in [-0.1, -0.05) is 31.2 Å². The molecule has 0 saturated heterocycles. The lowest BCUT2D eigenvalue weighted by atomic mass is 9.98. The summed E-state index contributed by atoms with van der Waals surface area (Å²) in [5, 5.41) is 3.33. The van der Waals surface area contributed by atoms with Crippen molar-refractivity contribution in [3.05, 3.63) is 35.4 Å². The number of sulfone groups is 1. The second-order valence-corrected chi connectivity index (χ2v) is 7.43. The summed E-state index contributed by atoms with van der Waals surface area (Å²) in [6.07, 6.45) is 1.73. The summed E-state index contributed by atoms with van der Waals surface area (Å²) in [6, 6.07) is 8.69. The first-order valence-corrected chi connectivity index (χ1v) is 8.35. The molecule has 0 saturated carbocycles. The van der Waals surface area contributed by atoms with Crippen LogP contribution in [0.15, 0.2) is 24.3 Å². The van der Waals surface area contributed by atoms with Gasteiger partial charge in [0.25, 0.3) is 0 Å². The topological polar surface area (TPSA) is 46.2 Å². The van der Waals surface area contributed by atoms with Crippen molar-refractivity contribution in [1.29, 1.82) is 0 Å². The van der Waals surface area contributed by atoms with E-state index in [1.165, 1.54) is 11.1 Å². The lowest BCUT2D eigenvalue weighted by molar-refractivity contribution is 0.401. The van der Waals surface area contributed by atoms with Gasteiger partial charge in [0.1, 0.15) is 9.84 Å². The second kappa shape index (κ2) is 5.41. The predicted molar refractivity (Wildman–Crippen MR) is 74.4 cm³/mol. The molecule has 0 bridgehead atoms. The second-order valence-electron chi connectivity index (χ2n) is 4.95. The van der Waals surface area contributed by atoms with Crippen LogP contribution in [0.3, 0.4) is 0 Å². The van der Waals surface area contributed by atoms with E-state index < -0.39 is 9.84 Å². The van der Waals surface area contributed by atoms with Gasteiger partial charge in [0.2, 0.25) is 0 Å². The van der Waals surface area contributed by atoms with E-state index in [-0.39, 0.29) is 5.75 Å². The maximum atomic E-state index is 11.6. The fourth-order valence-corrected chi connectivity index (χ4v) is 3.76. The van der Waals surface area contributed by atoms with Crippen molar-refractivity contribution < 1.29 is 8.42 Å². The van der Waals surface area contributed by atoms with E-state index in [0.717, 1.165) is 12.8 Å². The summed E-state index contributed by atoms with van der Waals surface area (Å²) in [7, 11) is -0.901. The summed E-state index contributed by atoms with van der Waals surface area (Å²) in [4.78, 5) is 0. The third-order valence-corrected chi connectivity index (χ3v) is 5.63. The van der Waals surface area contributed by atoms with Crippen LogP contribution >= 0.6 is 0 Å². The fraction of sp³-hybridized carbons (Fsp3) is 0.571. The van der Waals surface area contributed by atoms with E-state index >= 15 is 0 Å². The molecule has 1 aliphatic rings. The van der Waals surface area contributed by atoms with Crippen LogP contribution in [0.25, 0.3) is 0 Å². The molecular weight excluding hydrogens is 246 g/mol. The third-order valence-electron chi connectivity index (χ3n) is 3.89. The average molecular weight is 267 g/mol. The molecule has 0 spiro atoms. The lowest BCUT2D eigenvalue weighted by Gasteiger charge is -2.19. The molecule has 0 amide bonds. The average Bonchev–Trinajstić information content (AvgIpc) is 2.74. The van der Waals surface area contributed by atoms with Crippen LogP contribution < -0.4 is 5.32 Å². The summed E-state index contributed by atoms with van der Waals surface area (Å²) in [6.45, 7) is 1.72. The van der Waals surface area contributed by atoms with Crippen LogP contribution in [-0.2, 0) is 16.3 Å². The number of hydrogen-bond acceptors (Lipinski definition) is 3. The van der Waals surface area contributed by atoms with Crippen molar-refractivity contribution in [3.63, 3.8) is 0 Å². The van der Waals surface area contributed by atoms with Crippen molar-refractivity contribution >= 4 is 9.84 Å². The van der Waals surface area contributed by atoms with Crippen molar-refractivity contribution in [2.24, 2.45) is 5.92 Å². The Kier molecular flexibility index (Phi) is 4.07. The highest BCUT2D eigenvalue weighted by Gasteiger charge is 2.31. The molecule has 0 fully saturated rings. The van der Waals surface area contributed by atoms with Crippen molar-refractivity contribution in [2.45, 2.75) is 25.8 Å². The summed E-state index contributed by atoms with van der Waals surface area (Å²) < 4.78 is 23.2. The molecule has 2 unspecified atom stereocenters. The largest absolute Gasteiger partial charge is 0.313 e. The Labute approximate surface area is 110 Å². The van der Waals surface area contributed by atoms with E-state index in [9.17, 15) is 8.42 Å². The van der Waals surface area contributed by atoms with E-state index in [2.05, 4.69) is 23.5 Å². The quantitative estimate of drug-likeness (QED) is 0.887. The molecule has 1 aromatic carbocycles. The van der Waals surface area contributed by atoms with Gasteiger partial charge in [0, 0.05) is 11.8 Å². The normalized spacial score (nSPS) is 23.0. The maximum Gasteiger partial charge on any atom is 0.150 e. The molecule has 3 nitrogen and oxygen atoms in total. The molecule has 2 rings (SSSR count). The van der Waals surface area contributed by atoms with Gasteiger partial charge in [-0.05, 0) is 36.9 Å². The first-order chi connectivity index (χ1) is 8.57. The zero-order valence-electron chi connectivity index (χ0n) is 11.0. The van der Waals surface area contributed by atoms with Crippen LogP contribution in [0.1, 0.15) is 30.5 Å². The van der Waals surface area contributed by atoms with Crippen LogP contribution in [0.5, 0.6) is 0 Å². The minimum Gasteiger partial charge on any atom is -0.313 e. The number of rotatable bonds is 5. The molecule has 4 heteroatoms. The van der Waals surface area contributed by atoms with Gasteiger partial charge in [-0.25, -0.2) is 8.42 Å². The van der Waals surface area contributed by atoms with Crippen molar-refractivity contribution in [2.75, 3.05) is 18.6 Å². The van der Waals surface area contributed by atoms with Crippen LogP contribution in [0.2, 0.25) is 0 Å². The zero-order valence-corrected chi connectivity index (χ0v) is 11.8. The minimum absolute atomic E-state index is 0.247. The van der Waals surface area contributed by atoms with Crippen molar-refractivity contribution in [1.82, 2.24) is 5.32 Å². The molecular formula is C14H21NO2S. The number of fused-ring (bicyclic) bond motifs is 1. The first kappa shape index (κ1) is 13.6. The molecule has 18 heavy (non-hydrogen) atoms. The summed E-state index contributed by atoms with van der Waals surface area (Å²) >= 11 is 0. The molecule has 1 N–H and O–H groups in total. The Morgan fingerprint density at radius 3 is 2.72 bits per heavy atom. The third kappa shape index (κ3) is 2.75. The number of hydrogen-bond donors (Lipinski definition) is 1. The highest BCUT2D eigenvalue weighted by Crippen LogP contribution is 2.37. The number of benzene rings is 1. The Morgan fingerprint density at radius 2 is 2.06 bits per heavy atom. The molecule has 0 aliphatic heterocycles. The van der Waals surface area contributed by atoms with Gasteiger partial charge in [-0.3, -0.25) is 0 Å². The smallest absolute Gasteiger partial charge is 0.150 e. The molecule has 100 valence electrons. The highest BCUT2D eigenvalue weighted by molar-refractivity contribution is 7.91. The summed E-state index contributed by atoms with van der Waals surface area (Å²) in [5.41, 5.74) is 2.69. The molecule has 1 aromatic rings. The minimum atomic E-state index is -2.85. The maximum absolute atomic E-state index is 11.6. The van der Waals surface area contributed by atoms with E-state index in [1.54, 1.807) is 6.92 Å². The van der Waals surface area contributed by atoms with Gasteiger partial charge in [0.05, 0.1) is 5.75 Å². The summed E-state index contributed by atoms with van der Waals surface area (Å²) in [5.74, 6) is 0.950. The first-order valence-electron chi connectivity index (χ1n) is 6.53. The molecule has 0 radical (unpaired) electrons. The predicted octanol–water partition coefficient (Wildman–Crippen LogP) is 1.94. The van der Waals surface area contributed by atoms with Crippen LogP contribution in [0.4, 0.5) is 0 Å². The molecule has 0 aromatic heterocycles. The Balaban J connectivity index is 2.09. The molecule has 0 heterocycles. The van der Waals surface area contributed by atoms with Gasteiger partial charge in [-0.2, -0.15) is 0 Å². The molecule has 2 atom stereocenters. The fourth-order valence-electron chi connectivity index (χ4n) is 2.81. The van der Waals surface area contributed by atoms with E-state index in [0.29, 0.717) is 17.7 Å². The van der Waals surface area contributed by atoms with Crippen LogP contribution in [-0.4, -0.2) is 27.0 Å². The number of nitrogens with one attached hydrogen (secondary N) is 1. The van der Waals surface area contributed by atoms with Crippen LogP contribution in [0, 0.1) is 5.92 Å². The van der Waals surface area contributed by atoms with Crippen molar-refractivity contribution in [3.8, 4) is 0 Å². The zero-order chi connectivity index (χ0) is 13.2. The monoisotopic (exact) mass is 267 g/mol. The Hall–Kier alpha value is -0.870. The standard InChI is InChI=1S/C14H21NO2S/c1-3-18(16,17)9-8-12-10-11-6-4-5-7-13(11)14(12)15-2/h4-7,12,14-15H,3,8-10H2,1-2H3. The van der Waals surface area contributed by atoms with Gasteiger partial charge in [0.15, 0.2) is 0 Å². The highest BCUT2D eigenvalue weighted by atomic mass is 32.2. The van der Waals surface area contributed by atoms with Gasteiger partial charge in [-0.15, -0.1) is 0 Å². The Bertz CT molecular complexity index is 510. The SMILES string of the molecule is CCS(=O)(=O)CCC1Cc2ccccc2C1NC. The van der Waals surface area contributed by atoms with Gasteiger partial charge < -0.3 is 5.32 Å². The van der Waals surface area contributed by atoms with E-state index in [4.69, 9.17) is 0 Å². The van der Waals surface area contributed by atoms with Gasteiger partial charge >= 0.3 is 0 Å². The Morgan fingerprint density at radius 1 is 1.33 bits per heavy atom. The van der Waals surface area contributed by atoms with E-state index in [1.807, 2.05) is 13.1 Å². The lowest BCUT2D eigenvalue weighted by Crippen LogP contribution is -2.24.